The van der Waals surface area contributed by atoms with Crippen LogP contribution < -0.4 is 0 Å². The van der Waals surface area contributed by atoms with Crippen LogP contribution in [0, 0.1) is 56.7 Å². The van der Waals surface area contributed by atoms with E-state index in [2.05, 4.69) is 48.1 Å². The van der Waals surface area contributed by atoms with E-state index in [9.17, 15) is 9.90 Å². The Morgan fingerprint density at radius 1 is 0.853 bits per heavy atom. The second kappa shape index (κ2) is 7.59. The molecule has 34 heavy (non-hydrogen) atoms. The maximum Gasteiger partial charge on any atom is 0.312 e. The number of hydrogen-bond acceptors (Lipinski definition) is 3. The van der Waals surface area contributed by atoms with Gasteiger partial charge in [0.25, 0.3) is 0 Å². The zero-order valence-corrected chi connectivity index (χ0v) is 23.0. The zero-order valence-electron chi connectivity index (χ0n) is 23.0. The summed E-state index contributed by atoms with van der Waals surface area (Å²) in [5, 5.41) is 10.9. The highest BCUT2D eigenvalue weighted by atomic mass is 16.5. The third-order valence-electron chi connectivity index (χ3n) is 13.6. The van der Waals surface area contributed by atoms with Gasteiger partial charge in [-0.1, -0.05) is 46.8 Å². The van der Waals surface area contributed by atoms with Crippen LogP contribution in [-0.2, 0) is 9.53 Å². The quantitative estimate of drug-likeness (QED) is 0.343. The lowest BCUT2D eigenvalue weighted by Gasteiger charge is -2.72. The molecule has 0 amide bonds. The molecule has 0 aromatic rings. The van der Waals surface area contributed by atoms with Crippen LogP contribution in [0.3, 0.4) is 0 Å². The Hall–Kier alpha value is -0.830. The lowest BCUT2D eigenvalue weighted by Crippen LogP contribution is -2.67. The number of methoxy groups -OCH3 is 1. The smallest absolute Gasteiger partial charge is 0.312 e. The summed E-state index contributed by atoms with van der Waals surface area (Å²) in [6.45, 7) is 19.1. The monoisotopic (exact) mass is 470 g/mol. The molecule has 5 aliphatic rings. The second-order valence-corrected chi connectivity index (χ2v) is 14.7. The van der Waals surface area contributed by atoms with E-state index in [-0.39, 0.29) is 33.7 Å². The van der Waals surface area contributed by atoms with Gasteiger partial charge in [-0.2, -0.15) is 0 Å². The molecule has 0 heterocycles. The van der Waals surface area contributed by atoms with Crippen molar-refractivity contribution < 1.29 is 14.6 Å². The number of aliphatic hydroxyl groups is 1. The molecule has 1 N–H and O–H groups in total. The Balaban J connectivity index is 1.56. The molecule has 0 aromatic heterocycles. The maximum atomic E-state index is 13.3. The van der Waals surface area contributed by atoms with Crippen LogP contribution in [0.5, 0.6) is 0 Å². The average molecular weight is 471 g/mol. The Bertz CT molecular complexity index is 876. The summed E-state index contributed by atoms with van der Waals surface area (Å²) < 4.78 is 5.49. The molecular weight excluding hydrogens is 420 g/mol. The molecule has 0 radical (unpaired) electrons. The van der Waals surface area contributed by atoms with Gasteiger partial charge in [-0.05, 0) is 122 Å². The number of aliphatic hydroxyl groups excluding tert-OH is 1. The molecule has 10 atom stereocenters. The fourth-order valence-corrected chi connectivity index (χ4v) is 11.7. The number of carbonyl (C=O) groups is 1. The summed E-state index contributed by atoms with van der Waals surface area (Å²) in [6, 6.07) is 0. The molecular formula is C31H50O3. The van der Waals surface area contributed by atoms with Crippen molar-refractivity contribution in [3.05, 3.63) is 12.2 Å². The minimum atomic E-state index is -0.302. The highest BCUT2D eigenvalue weighted by Gasteiger charge is 2.72. The van der Waals surface area contributed by atoms with Crippen LogP contribution in [0.1, 0.15) is 106 Å². The van der Waals surface area contributed by atoms with Crippen LogP contribution in [0.4, 0.5) is 0 Å². The van der Waals surface area contributed by atoms with Gasteiger partial charge in [0.05, 0.1) is 18.6 Å². The lowest BCUT2D eigenvalue weighted by molar-refractivity contribution is -0.248. The van der Waals surface area contributed by atoms with Crippen LogP contribution in [0.2, 0.25) is 0 Å². The van der Waals surface area contributed by atoms with Crippen molar-refractivity contribution in [2.45, 2.75) is 112 Å². The number of fused-ring (bicyclic) bond motifs is 7. The predicted octanol–water partition coefficient (Wildman–Crippen LogP) is 7.18. The van der Waals surface area contributed by atoms with E-state index < -0.39 is 0 Å². The topological polar surface area (TPSA) is 46.5 Å². The molecule has 5 saturated carbocycles. The zero-order chi connectivity index (χ0) is 24.9. The van der Waals surface area contributed by atoms with E-state index in [1.807, 2.05) is 0 Å². The number of hydrogen-bond donors (Lipinski definition) is 1. The van der Waals surface area contributed by atoms with Gasteiger partial charge in [0.1, 0.15) is 0 Å². The van der Waals surface area contributed by atoms with Gasteiger partial charge >= 0.3 is 5.97 Å². The normalized spacial score (nSPS) is 53.6. The minimum absolute atomic E-state index is 0.00478. The van der Waals surface area contributed by atoms with Crippen LogP contribution in [-0.4, -0.2) is 24.3 Å². The van der Waals surface area contributed by atoms with Crippen LogP contribution in [0.25, 0.3) is 0 Å². The molecule has 0 saturated heterocycles. The van der Waals surface area contributed by atoms with Gasteiger partial charge in [-0.3, -0.25) is 4.79 Å². The average Bonchev–Trinajstić information content (AvgIpc) is 3.18. The van der Waals surface area contributed by atoms with Crippen molar-refractivity contribution in [3.8, 4) is 0 Å². The highest BCUT2D eigenvalue weighted by Crippen LogP contribution is 2.77. The molecule has 0 spiro atoms. The molecule has 5 aliphatic carbocycles. The van der Waals surface area contributed by atoms with E-state index in [1.54, 1.807) is 7.11 Å². The first-order valence-corrected chi connectivity index (χ1v) is 14.2. The van der Waals surface area contributed by atoms with Crippen LogP contribution >= 0.6 is 0 Å². The summed E-state index contributed by atoms with van der Waals surface area (Å²) >= 11 is 0. The SMILES string of the molecule is C=C(C)[C@@H]1CC[C@@]2(C(=O)OC)CC[C@@]3(C)[C@@H](CC[C@@H]4[C@]5(C)CC[C@H](O)C(C)(C)[C@@H]5CC[C@@]43C)[C@H]12. The fourth-order valence-electron chi connectivity index (χ4n) is 11.7. The Morgan fingerprint density at radius 2 is 1.56 bits per heavy atom. The van der Waals surface area contributed by atoms with Gasteiger partial charge in [-0.25, -0.2) is 0 Å². The summed E-state index contributed by atoms with van der Waals surface area (Å²) in [5.41, 5.74) is 1.78. The Kier molecular flexibility index (Phi) is 5.55. The molecule has 0 unspecified atom stereocenters. The van der Waals surface area contributed by atoms with E-state index in [4.69, 9.17) is 4.74 Å². The Labute approximate surface area is 208 Å². The van der Waals surface area contributed by atoms with E-state index in [1.165, 1.54) is 31.3 Å². The molecule has 3 nitrogen and oxygen atoms in total. The first kappa shape index (κ1) is 24.8. The van der Waals surface area contributed by atoms with Crippen molar-refractivity contribution in [1.82, 2.24) is 0 Å². The Morgan fingerprint density at radius 3 is 2.21 bits per heavy atom. The maximum absolute atomic E-state index is 13.3. The van der Waals surface area contributed by atoms with Gasteiger partial charge in [0, 0.05) is 0 Å². The van der Waals surface area contributed by atoms with Gasteiger partial charge in [-0.15, -0.1) is 0 Å². The summed E-state index contributed by atoms with van der Waals surface area (Å²) in [5.74, 6) is 2.72. The predicted molar refractivity (Wildman–Crippen MR) is 137 cm³/mol. The summed E-state index contributed by atoms with van der Waals surface area (Å²) in [7, 11) is 1.59. The molecule has 5 fully saturated rings. The number of ether oxygens (including phenoxy) is 1. The lowest BCUT2D eigenvalue weighted by atomic mass is 9.32. The first-order valence-electron chi connectivity index (χ1n) is 14.2. The van der Waals surface area contributed by atoms with E-state index >= 15 is 0 Å². The van der Waals surface area contributed by atoms with Gasteiger partial charge in [0.15, 0.2) is 0 Å². The third kappa shape index (κ3) is 2.83. The van der Waals surface area contributed by atoms with Crippen molar-refractivity contribution >= 4 is 5.97 Å². The summed E-state index contributed by atoms with van der Waals surface area (Å²) in [6.07, 6.45) is 11.1. The van der Waals surface area contributed by atoms with Gasteiger partial charge < -0.3 is 9.84 Å². The minimum Gasteiger partial charge on any atom is -0.469 e. The molecule has 0 aliphatic heterocycles. The van der Waals surface area contributed by atoms with Crippen molar-refractivity contribution in [1.29, 1.82) is 0 Å². The largest absolute Gasteiger partial charge is 0.469 e. The van der Waals surface area contributed by atoms with Crippen molar-refractivity contribution in [2.24, 2.45) is 56.7 Å². The van der Waals surface area contributed by atoms with Crippen molar-refractivity contribution in [3.63, 3.8) is 0 Å². The highest BCUT2D eigenvalue weighted by molar-refractivity contribution is 5.78. The molecule has 0 aromatic carbocycles. The number of rotatable bonds is 2. The standard InChI is InChI=1S/C31H50O3/c1-19(2)20-11-16-31(26(33)34-8)18-17-29(6)21(25(20)31)9-10-23-28(5)14-13-24(32)27(3,4)22(28)12-15-30(23,29)7/h20-25,32H,1,9-18H2,2-8H3/t20-,21-,22-,23+,24-,25-,28+,29-,30-,31+/m0/s1. The third-order valence-corrected chi connectivity index (χ3v) is 13.6. The molecule has 5 rings (SSSR count). The summed E-state index contributed by atoms with van der Waals surface area (Å²) in [4.78, 5) is 13.3. The van der Waals surface area contributed by atoms with Crippen molar-refractivity contribution in [2.75, 3.05) is 7.11 Å². The second-order valence-electron chi connectivity index (χ2n) is 14.7. The van der Waals surface area contributed by atoms with E-state index in [0.717, 1.165) is 38.5 Å². The first-order chi connectivity index (χ1) is 15.8. The fraction of sp³-hybridized carbons (Fsp3) is 0.903. The number of allylic oxidation sites excluding steroid dienone is 1. The molecule has 3 heteroatoms. The molecule has 0 bridgehead atoms. The molecule has 192 valence electrons. The number of carbonyl (C=O) groups excluding carboxylic acids is 1. The van der Waals surface area contributed by atoms with Gasteiger partial charge in [0.2, 0.25) is 0 Å². The van der Waals surface area contributed by atoms with E-state index in [0.29, 0.717) is 35.0 Å². The number of esters is 1. The van der Waals surface area contributed by atoms with Crippen LogP contribution in [0.15, 0.2) is 12.2 Å².